The lowest BCUT2D eigenvalue weighted by Gasteiger charge is -2.12. The van der Waals surface area contributed by atoms with Crippen LogP contribution in [0.15, 0.2) is 71.2 Å². The fourth-order valence-corrected chi connectivity index (χ4v) is 4.80. The summed E-state index contributed by atoms with van der Waals surface area (Å²) in [5.74, 6) is 0.989. The van der Waals surface area contributed by atoms with E-state index in [4.69, 9.17) is 16.3 Å². The van der Waals surface area contributed by atoms with Crippen molar-refractivity contribution in [3.63, 3.8) is 0 Å². The second-order valence-electron chi connectivity index (χ2n) is 6.43. The fourth-order valence-electron chi connectivity index (χ4n) is 2.85. The van der Waals surface area contributed by atoms with Crippen LogP contribution in [0.2, 0.25) is 5.02 Å². The highest BCUT2D eigenvalue weighted by Crippen LogP contribution is 2.32. The van der Waals surface area contributed by atoms with E-state index in [1.54, 1.807) is 41.9 Å². The highest BCUT2D eigenvalue weighted by Gasteiger charge is 2.15. The van der Waals surface area contributed by atoms with Crippen LogP contribution in [0.25, 0.3) is 11.3 Å². The van der Waals surface area contributed by atoms with Gasteiger partial charge >= 0.3 is 0 Å². The summed E-state index contributed by atoms with van der Waals surface area (Å²) in [6.45, 7) is 2.39. The van der Waals surface area contributed by atoms with Crippen molar-refractivity contribution in [1.29, 1.82) is 0 Å². The molecule has 0 aliphatic heterocycles. The van der Waals surface area contributed by atoms with E-state index in [1.165, 1.54) is 29.7 Å². The third-order valence-electron chi connectivity index (χ3n) is 4.25. The van der Waals surface area contributed by atoms with E-state index in [2.05, 4.69) is 25.0 Å². The van der Waals surface area contributed by atoms with Crippen LogP contribution in [-0.2, 0) is 10.0 Å². The molecule has 0 bridgehead atoms. The van der Waals surface area contributed by atoms with Gasteiger partial charge in [-0.05, 0) is 55.5 Å². The monoisotopic (exact) mass is 487 g/mol. The van der Waals surface area contributed by atoms with Crippen LogP contribution in [0.5, 0.6) is 5.75 Å². The summed E-state index contributed by atoms with van der Waals surface area (Å²) in [6.07, 6.45) is 3.16. The Morgan fingerprint density at radius 3 is 2.59 bits per heavy atom. The second kappa shape index (κ2) is 9.51. The van der Waals surface area contributed by atoms with Crippen LogP contribution in [0.4, 0.5) is 16.8 Å². The summed E-state index contributed by atoms with van der Waals surface area (Å²) >= 11 is 7.29. The smallest absolute Gasteiger partial charge is 0.263 e. The number of sulfonamides is 1. The molecular formula is C21H18ClN5O3S2. The maximum atomic E-state index is 12.5. The molecule has 0 amide bonds. The van der Waals surface area contributed by atoms with Gasteiger partial charge in [0.15, 0.2) is 5.13 Å². The van der Waals surface area contributed by atoms with Crippen molar-refractivity contribution in [3.05, 3.63) is 71.3 Å². The molecule has 0 radical (unpaired) electrons. The van der Waals surface area contributed by atoms with Gasteiger partial charge in [-0.3, -0.25) is 4.72 Å². The van der Waals surface area contributed by atoms with Gasteiger partial charge in [0.2, 0.25) is 5.95 Å². The predicted molar refractivity (Wildman–Crippen MR) is 126 cm³/mol. The molecule has 0 saturated heterocycles. The average molecular weight is 488 g/mol. The average Bonchev–Trinajstić information content (AvgIpc) is 3.27. The minimum absolute atomic E-state index is 0.121. The Labute approximate surface area is 194 Å². The Balaban J connectivity index is 1.53. The van der Waals surface area contributed by atoms with Crippen LogP contribution in [0.1, 0.15) is 6.92 Å². The number of halogens is 1. The first-order valence-electron chi connectivity index (χ1n) is 9.50. The maximum absolute atomic E-state index is 12.5. The molecule has 0 unspecified atom stereocenters. The van der Waals surface area contributed by atoms with Crippen molar-refractivity contribution in [1.82, 2.24) is 15.0 Å². The van der Waals surface area contributed by atoms with Gasteiger partial charge in [-0.2, -0.15) is 0 Å². The number of aromatic nitrogens is 3. The summed E-state index contributed by atoms with van der Waals surface area (Å²) < 4.78 is 33.1. The number of hydrogen-bond donors (Lipinski definition) is 2. The van der Waals surface area contributed by atoms with Gasteiger partial charge < -0.3 is 10.1 Å². The van der Waals surface area contributed by atoms with Crippen molar-refractivity contribution in [2.24, 2.45) is 0 Å². The molecule has 0 fully saturated rings. The Morgan fingerprint density at radius 2 is 1.88 bits per heavy atom. The normalized spacial score (nSPS) is 11.2. The molecule has 164 valence electrons. The first-order chi connectivity index (χ1) is 15.4. The molecule has 2 aromatic heterocycles. The number of nitrogens with one attached hydrogen (secondary N) is 2. The fraction of sp³-hybridized carbons (Fsp3) is 0.0952. The summed E-state index contributed by atoms with van der Waals surface area (Å²) in [5, 5.41) is 5.67. The van der Waals surface area contributed by atoms with Crippen LogP contribution in [0.3, 0.4) is 0 Å². The minimum Gasteiger partial charge on any atom is -0.493 e. The first kappa shape index (κ1) is 22.0. The summed E-state index contributed by atoms with van der Waals surface area (Å²) in [6, 6.07) is 13.4. The minimum atomic E-state index is -3.72. The molecule has 8 nitrogen and oxygen atoms in total. The molecule has 4 rings (SSSR count). The van der Waals surface area contributed by atoms with Crippen LogP contribution in [-0.4, -0.2) is 30.0 Å². The zero-order valence-corrected chi connectivity index (χ0v) is 19.2. The molecule has 0 saturated carbocycles. The molecule has 2 aromatic carbocycles. The molecule has 0 aliphatic rings. The van der Waals surface area contributed by atoms with Crippen LogP contribution in [0, 0.1) is 0 Å². The van der Waals surface area contributed by atoms with Crippen LogP contribution < -0.4 is 14.8 Å². The standard InChI is InChI=1S/C21H18ClN5O3S2/c1-2-30-19-13-14(22)3-8-17(19)18-9-10-23-20(26-18)25-15-4-6-16(7-5-15)32(28,29)27-21-24-11-12-31-21/h3-13H,2H2,1H3,(H,24,27)(H,23,25,26). The van der Waals surface area contributed by atoms with Crippen molar-refractivity contribution >= 4 is 49.7 Å². The number of rotatable bonds is 8. The highest BCUT2D eigenvalue weighted by molar-refractivity contribution is 7.93. The summed E-state index contributed by atoms with van der Waals surface area (Å²) in [4.78, 5) is 12.9. The lowest BCUT2D eigenvalue weighted by molar-refractivity contribution is 0.341. The van der Waals surface area contributed by atoms with E-state index < -0.39 is 10.0 Å². The van der Waals surface area contributed by atoms with Crippen molar-refractivity contribution in [2.45, 2.75) is 11.8 Å². The number of benzene rings is 2. The van der Waals surface area contributed by atoms with Gasteiger partial charge in [-0.15, -0.1) is 11.3 Å². The predicted octanol–water partition coefficient (Wildman–Crippen LogP) is 5.20. The van der Waals surface area contributed by atoms with Gasteiger partial charge in [-0.25, -0.2) is 23.4 Å². The van der Waals surface area contributed by atoms with Gasteiger partial charge in [0.25, 0.3) is 10.0 Å². The summed E-state index contributed by atoms with van der Waals surface area (Å²) in [7, 11) is -3.72. The molecule has 2 N–H and O–H groups in total. The van der Waals surface area contributed by atoms with Crippen LogP contribution >= 0.6 is 22.9 Å². The molecular weight excluding hydrogens is 470 g/mol. The van der Waals surface area contributed by atoms with E-state index in [-0.39, 0.29) is 4.90 Å². The molecule has 0 spiro atoms. The van der Waals surface area contributed by atoms with E-state index >= 15 is 0 Å². The lowest BCUT2D eigenvalue weighted by atomic mass is 10.1. The zero-order chi connectivity index (χ0) is 22.6. The van der Waals surface area contributed by atoms with Gasteiger partial charge in [0.1, 0.15) is 5.75 Å². The maximum Gasteiger partial charge on any atom is 0.263 e. The van der Waals surface area contributed by atoms with E-state index in [1.807, 2.05) is 13.0 Å². The topological polar surface area (TPSA) is 106 Å². The Bertz CT molecular complexity index is 1310. The Kier molecular flexibility index (Phi) is 6.54. The van der Waals surface area contributed by atoms with Gasteiger partial charge in [0, 0.05) is 34.0 Å². The SMILES string of the molecule is CCOc1cc(Cl)ccc1-c1ccnc(Nc2ccc(S(=O)(=O)Nc3nccs3)cc2)n1. The van der Waals surface area contributed by atoms with Crippen molar-refractivity contribution in [3.8, 4) is 17.0 Å². The Morgan fingerprint density at radius 1 is 1.06 bits per heavy atom. The van der Waals surface area contributed by atoms with E-state index in [9.17, 15) is 8.42 Å². The lowest BCUT2D eigenvalue weighted by Crippen LogP contribution is -2.12. The summed E-state index contributed by atoms with van der Waals surface area (Å²) in [5.41, 5.74) is 2.09. The number of ether oxygens (including phenoxy) is 1. The van der Waals surface area contributed by atoms with E-state index in [0.29, 0.717) is 39.8 Å². The number of anilines is 3. The van der Waals surface area contributed by atoms with E-state index in [0.717, 1.165) is 5.56 Å². The molecule has 4 aromatic rings. The van der Waals surface area contributed by atoms with Crippen molar-refractivity contribution < 1.29 is 13.2 Å². The van der Waals surface area contributed by atoms with Gasteiger partial charge in [-0.1, -0.05) is 11.6 Å². The molecule has 32 heavy (non-hydrogen) atoms. The number of hydrogen-bond acceptors (Lipinski definition) is 8. The Hall–Kier alpha value is -3.21. The second-order valence-corrected chi connectivity index (χ2v) is 9.44. The molecule has 0 atom stereocenters. The first-order valence-corrected chi connectivity index (χ1v) is 12.2. The third kappa shape index (κ3) is 5.16. The highest BCUT2D eigenvalue weighted by atomic mass is 35.5. The zero-order valence-electron chi connectivity index (χ0n) is 16.8. The quantitative estimate of drug-likeness (QED) is 0.352. The number of thiazole rings is 1. The molecule has 2 heterocycles. The molecule has 11 heteroatoms. The third-order valence-corrected chi connectivity index (χ3v) is 6.66. The van der Waals surface area contributed by atoms with Gasteiger partial charge in [0.05, 0.1) is 17.2 Å². The molecule has 0 aliphatic carbocycles. The number of nitrogens with zero attached hydrogens (tertiary/aromatic N) is 3. The largest absolute Gasteiger partial charge is 0.493 e. The van der Waals surface area contributed by atoms with Crippen molar-refractivity contribution in [2.75, 3.05) is 16.6 Å².